The average molecular weight is 243 g/mol. The van der Waals surface area contributed by atoms with Crippen LogP contribution in [-0.4, -0.2) is 11.2 Å². The summed E-state index contributed by atoms with van der Waals surface area (Å²) < 4.78 is 13.8. The number of halogens is 1. The van der Waals surface area contributed by atoms with Gasteiger partial charge in [0.25, 0.3) is 0 Å². The van der Waals surface area contributed by atoms with Gasteiger partial charge < -0.3 is 0 Å². The van der Waals surface area contributed by atoms with Crippen molar-refractivity contribution in [2.45, 2.75) is 32.4 Å². The van der Waals surface area contributed by atoms with Gasteiger partial charge in [0.1, 0.15) is 6.17 Å². The van der Waals surface area contributed by atoms with Crippen LogP contribution in [0.5, 0.6) is 0 Å². The fraction of sp³-hybridized carbons (Fsp3) is 0.312. The van der Waals surface area contributed by atoms with Crippen molar-refractivity contribution in [1.82, 2.24) is 4.98 Å². The molecule has 0 aliphatic rings. The number of nitrogens with zero attached hydrogens (tertiary/aromatic N) is 1. The monoisotopic (exact) mass is 243 g/mol. The minimum Gasteiger partial charge on any atom is -0.256 e. The molecule has 1 nitrogen and oxygen atoms in total. The molecule has 0 aliphatic carbocycles. The van der Waals surface area contributed by atoms with Gasteiger partial charge in [-0.1, -0.05) is 44.2 Å². The van der Waals surface area contributed by atoms with Crippen molar-refractivity contribution in [1.29, 1.82) is 0 Å². The van der Waals surface area contributed by atoms with Gasteiger partial charge in [0.05, 0.1) is 5.69 Å². The Kier molecular flexibility index (Phi) is 3.46. The van der Waals surface area contributed by atoms with Gasteiger partial charge in [0.2, 0.25) is 0 Å². The van der Waals surface area contributed by atoms with E-state index >= 15 is 0 Å². The lowest BCUT2D eigenvalue weighted by molar-refractivity contribution is 0.237. The van der Waals surface area contributed by atoms with Crippen LogP contribution in [0.1, 0.15) is 26.3 Å². The van der Waals surface area contributed by atoms with Crippen LogP contribution in [0.2, 0.25) is 0 Å². The van der Waals surface area contributed by atoms with E-state index in [4.69, 9.17) is 0 Å². The van der Waals surface area contributed by atoms with Crippen molar-refractivity contribution >= 4 is 0 Å². The fourth-order valence-electron chi connectivity index (χ4n) is 2.00. The summed E-state index contributed by atoms with van der Waals surface area (Å²) in [5.74, 6) is 0. The van der Waals surface area contributed by atoms with E-state index in [-0.39, 0.29) is 0 Å². The quantitative estimate of drug-likeness (QED) is 0.779. The van der Waals surface area contributed by atoms with E-state index in [0.717, 1.165) is 16.8 Å². The molecule has 18 heavy (non-hydrogen) atoms. The van der Waals surface area contributed by atoms with Crippen molar-refractivity contribution in [3.8, 4) is 11.3 Å². The molecule has 1 aromatic carbocycles. The molecular formula is C16H18FN. The molecule has 1 atom stereocenters. The second-order valence-electron chi connectivity index (χ2n) is 5.10. The van der Waals surface area contributed by atoms with E-state index in [1.165, 1.54) is 0 Å². The minimum absolute atomic E-state index is 0.520. The Morgan fingerprint density at radius 1 is 1.06 bits per heavy atom. The normalized spacial score (nSPS) is 13.3. The van der Waals surface area contributed by atoms with Crippen molar-refractivity contribution in [2.24, 2.45) is 0 Å². The van der Waals surface area contributed by atoms with E-state index in [0.29, 0.717) is 0 Å². The molecule has 0 aliphatic heterocycles. The molecular weight excluding hydrogens is 225 g/mol. The van der Waals surface area contributed by atoms with Gasteiger partial charge in [-0.25, -0.2) is 4.39 Å². The van der Waals surface area contributed by atoms with Gasteiger partial charge in [-0.15, -0.1) is 0 Å². The zero-order valence-corrected chi connectivity index (χ0v) is 11.0. The Balaban J connectivity index is 2.57. The molecule has 0 bridgehead atoms. The molecule has 2 aromatic rings. The van der Waals surface area contributed by atoms with Gasteiger partial charge in [-0.3, -0.25) is 4.98 Å². The second kappa shape index (κ2) is 4.89. The van der Waals surface area contributed by atoms with Crippen molar-refractivity contribution in [3.05, 3.63) is 54.2 Å². The lowest BCUT2D eigenvalue weighted by Gasteiger charge is -2.29. The molecule has 1 heterocycles. The molecule has 1 aromatic heterocycles. The SMILES string of the molecule is C[C@@H](F)C(C)(C)c1ccccc1-c1ccccn1. The van der Waals surface area contributed by atoms with Gasteiger partial charge in [-0.2, -0.15) is 0 Å². The van der Waals surface area contributed by atoms with E-state index in [9.17, 15) is 4.39 Å². The number of pyridine rings is 1. The first-order valence-electron chi connectivity index (χ1n) is 6.18. The van der Waals surface area contributed by atoms with Crippen molar-refractivity contribution < 1.29 is 4.39 Å². The summed E-state index contributed by atoms with van der Waals surface area (Å²) in [6.45, 7) is 5.47. The molecule has 94 valence electrons. The first-order chi connectivity index (χ1) is 8.53. The van der Waals surface area contributed by atoms with Gasteiger partial charge in [-0.05, 0) is 24.6 Å². The largest absolute Gasteiger partial charge is 0.256 e. The summed E-state index contributed by atoms with van der Waals surface area (Å²) in [6, 6.07) is 13.7. The Morgan fingerprint density at radius 2 is 1.72 bits per heavy atom. The molecule has 0 N–H and O–H groups in total. The number of hydrogen-bond acceptors (Lipinski definition) is 1. The first kappa shape index (κ1) is 12.7. The standard InChI is InChI=1S/C16H18FN/c1-12(17)16(2,3)14-9-5-4-8-13(14)15-10-6-7-11-18-15/h4-12H,1-3H3/t12-/m1/s1. The highest BCUT2D eigenvalue weighted by atomic mass is 19.1. The number of hydrogen-bond donors (Lipinski definition) is 0. The summed E-state index contributed by atoms with van der Waals surface area (Å²) >= 11 is 0. The van der Waals surface area contributed by atoms with E-state index in [1.807, 2.05) is 56.3 Å². The molecule has 0 radical (unpaired) electrons. The highest BCUT2D eigenvalue weighted by Crippen LogP contribution is 2.35. The third-order valence-electron chi connectivity index (χ3n) is 3.56. The van der Waals surface area contributed by atoms with Crippen LogP contribution in [0.15, 0.2) is 48.7 Å². The lowest BCUT2D eigenvalue weighted by Crippen LogP contribution is -2.28. The predicted molar refractivity (Wildman–Crippen MR) is 73.3 cm³/mol. The summed E-state index contributed by atoms with van der Waals surface area (Å²) in [4.78, 5) is 4.36. The molecule has 2 heteroatoms. The third kappa shape index (κ3) is 2.28. The maximum atomic E-state index is 13.8. The van der Waals surface area contributed by atoms with Crippen LogP contribution >= 0.6 is 0 Å². The van der Waals surface area contributed by atoms with Gasteiger partial charge in [0.15, 0.2) is 0 Å². The highest BCUT2D eigenvalue weighted by molar-refractivity contribution is 5.65. The van der Waals surface area contributed by atoms with E-state index < -0.39 is 11.6 Å². The van der Waals surface area contributed by atoms with Crippen LogP contribution in [-0.2, 0) is 5.41 Å². The maximum Gasteiger partial charge on any atom is 0.106 e. The number of rotatable bonds is 3. The molecule has 0 spiro atoms. The van der Waals surface area contributed by atoms with Crippen LogP contribution in [0, 0.1) is 0 Å². The molecule has 0 saturated carbocycles. The maximum absolute atomic E-state index is 13.8. The molecule has 2 rings (SSSR count). The van der Waals surface area contributed by atoms with Gasteiger partial charge >= 0.3 is 0 Å². The summed E-state index contributed by atoms with van der Waals surface area (Å²) in [6.07, 6.45) is 0.847. The third-order valence-corrected chi connectivity index (χ3v) is 3.56. The topological polar surface area (TPSA) is 12.9 Å². The van der Waals surface area contributed by atoms with E-state index in [2.05, 4.69) is 4.98 Å². The summed E-state index contributed by atoms with van der Waals surface area (Å²) in [5, 5.41) is 0. The number of alkyl halides is 1. The lowest BCUT2D eigenvalue weighted by atomic mass is 9.78. The molecule has 0 fully saturated rings. The average Bonchev–Trinajstić information content (AvgIpc) is 2.39. The van der Waals surface area contributed by atoms with Crippen LogP contribution in [0.25, 0.3) is 11.3 Å². The van der Waals surface area contributed by atoms with Crippen LogP contribution in [0.3, 0.4) is 0 Å². The molecule has 0 amide bonds. The van der Waals surface area contributed by atoms with Crippen molar-refractivity contribution in [3.63, 3.8) is 0 Å². The Morgan fingerprint density at radius 3 is 2.33 bits per heavy atom. The Hall–Kier alpha value is -1.70. The van der Waals surface area contributed by atoms with Crippen LogP contribution < -0.4 is 0 Å². The zero-order chi connectivity index (χ0) is 13.2. The molecule has 0 saturated heterocycles. The number of aromatic nitrogens is 1. The summed E-state index contributed by atoms with van der Waals surface area (Å²) in [7, 11) is 0. The summed E-state index contributed by atoms with van der Waals surface area (Å²) in [5.41, 5.74) is 2.38. The predicted octanol–water partition coefficient (Wildman–Crippen LogP) is 4.38. The van der Waals surface area contributed by atoms with Crippen molar-refractivity contribution in [2.75, 3.05) is 0 Å². The van der Waals surface area contributed by atoms with Crippen LogP contribution in [0.4, 0.5) is 4.39 Å². The Labute approximate surface area is 108 Å². The number of benzene rings is 1. The van der Waals surface area contributed by atoms with Gasteiger partial charge in [0, 0.05) is 17.2 Å². The zero-order valence-electron chi connectivity index (χ0n) is 11.0. The first-order valence-corrected chi connectivity index (χ1v) is 6.18. The smallest absolute Gasteiger partial charge is 0.106 e. The second-order valence-corrected chi connectivity index (χ2v) is 5.10. The van der Waals surface area contributed by atoms with E-state index in [1.54, 1.807) is 13.1 Å². The minimum atomic E-state index is -0.914. The fourth-order valence-corrected chi connectivity index (χ4v) is 2.00. The molecule has 0 unspecified atom stereocenters. The Bertz CT molecular complexity index is 518. The highest BCUT2D eigenvalue weighted by Gasteiger charge is 2.30.